The van der Waals surface area contributed by atoms with E-state index in [1.54, 1.807) is 0 Å². The first kappa shape index (κ1) is 15.4. The molecule has 1 N–H and O–H groups in total. The van der Waals surface area contributed by atoms with E-state index in [4.69, 9.17) is 0 Å². The van der Waals surface area contributed by atoms with Crippen molar-refractivity contribution < 1.29 is 0 Å². The minimum absolute atomic E-state index is 0.404. The molecule has 2 heterocycles. The van der Waals surface area contributed by atoms with Crippen LogP contribution in [0.2, 0.25) is 0 Å². The van der Waals surface area contributed by atoms with Gasteiger partial charge in [0.25, 0.3) is 0 Å². The zero-order chi connectivity index (χ0) is 15.7. The van der Waals surface area contributed by atoms with Crippen LogP contribution < -0.4 is 5.32 Å². The van der Waals surface area contributed by atoms with Crippen LogP contribution in [0.5, 0.6) is 0 Å². The lowest BCUT2D eigenvalue weighted by molar-refractivity contribution is 0.0905. The van der Waals surface area contributed by atoms with Crippen LogP contribution in [0.1, 0.15) is 44.5 Å². The van der Waals surface area contributed by atoms with Gasteiger partial charge in [-0.05, 0) is 44.9 Å². The fraction of sp³-hybridized carbons (Fsp3) is 0.556. The second-order valence-corrected chi connectivity index (χ2v) is 6.50. The molecule has 3 rings (SSSR count). The largest absolute Gasteiger partial charge is 0.311 e. The van der Waals surface area contributed by atoms with Crippen LogP contribution in [0.3, 0.4) is 0 Å². The number of hydrogen-bond donors (Lipinski definition) is 1. The minimum Gasteiger partial charge on any atom is -0.311 e. The summed E-state index contributed by atoms with van der Waals surface area (Å²) >= 11 is 0. The van der Waals surface area contributed by atoms with Crippen molar-refractivity contribution in [1.29, 1.82) is 0 Å². The molecule has 1 fully saturated rings. The Kier molecular flexibility index (Phi) is 4.41. The molecule has 0 aliphatic carbocycles. The Morgan fingerprint density at radius 2 is 2.18 bits per heavy atom. The maximum Gasteiger partial charge on any atom is 0.0893 e. The highest BCUT2D eigenvalue weighted by molar-refractivity contribution is 5.74. The summed E-state index contributed by atoms with van der Waals surface area (Å²) in [5.74, 6) is 0. The summed E-state index contributed by atoms with van der Waals surface area (Å²) in [6.45, 7) is 11.0. The summed E-state index contributed by atoms with van der Waals surface area (Å²) in [4.78, 5) is 11.7. The molecule has 1 unspecified atom stereocenters. The molecule has 1 aliphatic rings. The fourth-order valence-corrected chi connectivity index (χ4v) is 3.41. The van der Waals surface area contributed by atoms with E-state index in [2.05, 4.69) is 59.2 Å². The molecule has 1 saturated heterocycles. The number of rotatable bonds is 3. The summed E-state index contributed by atoms with van der Waals surface area (Å²) in [7, 11) is 0. The van der Waals surface area contributed by atoms with Gasteiger partial charge in [0.15, 0.2) is 0 Å². The molecular formula is C18H26N4. The average molecular weight is 298 g/mol. The van der Waals surface area contributed by atoms with Crippen molar-refractivity contribution in [3.8, 4) is 0 Å². The molecule has 0 saturated carbocycles. The lowest BCUT2D eigenvalue weighted by atomic mass is 9.99. The Balaban J connectivity index is 1.91. The highest BCUT2D eigenvalue weighted by Gasteiger charge is 2.28. The van der Waals surface area contributed by atoms with Gasteiger partial charge in [-0.25, -0.2) is 4.98 Å². The normalized spacial score (nSPS) is 24.5. The highest BCUT2D eigenvalue weighted by Crippen LogP contribution is 2.27. The first-order valence-electron chi connectivity index (χ1n) is 8.31. The third-order valence-electron chi connectivity index (χ3n) is 4.79. The lowest BCUT2D eigenvalue weighted by Crippen LogP contribution is -2.55. The van der Waals surface area contributed by atoms with Gasteiger partial charge in [0, 0.05) is 37.4 Å². The molecule has 2 aromatic rings. The van der Waals surface area contributed by atoms with Gasteiger partial charge in [-0.2, -0.15) is 0 Å². The fourth-order valence-electron chi connectivity index (χ4n) is 3.41. The number of piperazine rings is 1. The maximum atomic E-state index is 4.62. The third kappa shape index (κ3) is 2.99. The summed E-state index contributed by atoms with van der Waals surface area (Å²) in [5.41, 5.74) is 4.28. The first-order chi connectivity index (χ1) is 10.6. The number of aryl methyl sites for hydroxylation is 1. The molecular weight excluding hydrogens is 272 g/mol. The number of nitrogens with one attached hydrogen (secondary N) is 1. The van der Waals surface area contributed by atoms with E-state index in [-0.39, 0.29) is 0 Å². The van der Waals surface area contributed by atoms with E-state index in [9.17, 15) is 0 Å². The zero-order valence-corrected chi connectivity index (χ0v) is 14.0. The minimum atomic E-state index is 0.404. The van der Waals surface area contributed by atoms with E-state index in [1.165, 1.54) is 12.0 Å². The van der Waals surface area contributed by atoms with Crippen molar-refractivity contribution in [1.82, 2.24) is 20.2 Å². The second kappa shape index (κ2) is 6.31. The van der Waals surface area contributed by atoms with Crippen LogP contribution in [-0.2, 0) is 0 Å². The predicted molar refractivity (Wildman–Crippen MR) is 90.9 cm³/mol. The Bertz CT molecular complexity index is 655. The third-order valence-corrected chi connectivity index (χ3v) is 4.79. The zero-order valence-electron chi connectivity index (χ0n) is 14.0. The van der Waals surface area contributed by atoms with E-state index in [0.29, 0.717) is 18.1 Å². The number of aromatic nitrogens is 2. The summed E-state index contributed by atoms with van der Waals surface area (Å²) in [6.07, 6.45) is 3.01. The Hall–Kier alpha value is -1.52. The number of fused-ring (bicyclic) bond motifs is 1. The van der Waals surface area contributed by atoms with E-state index >= 15 is 0 Å². The molecule has 118 valence electrons. The summed E-state index contributed by atoms with van der Waals surface area (Å²) in [5, 5.41) is 3.59. The van der Waals surface area contributed by atoms with Crippen molar-refractivity contribution in [3.05, 3.63) is 35.7 Å². The van der Waals surface area contributed by atoms with Crippen molar-refractivity contribution in [2.75, 3.05) is 13.1 Å². The molecule has 0 amide bonds. The van der Waals surface area contributed by atoms with Crippen molar-refractivity contribution >= 4 is 11.0 Å². The molecule has 4 heteroatoms. The summed E-state index contributed by atoms with van der Waals surface area (Å²) in [6, 6.07) is 8.07. The predicted octanol–water partition coefficient (Wildman–Crippen LogP) is 3.07. The van der Waals surface area contributed by atoms with E-state index in [1.807, 2.05) is 13.1 Å². The molecule has 1 aliphatic heterocycles. The summed E-state index contributed by atoms with van der Waals surface area (Å²) < 4.78 is 0. The van der Waals surface area contributed by atoms with Crippen LogP contribution in [0.25, 0.3) is 11.0 Å². The van der Waals surface area contributed by atoms with Crippen LogP contribution in [0.4, 0.5) is 0 Å². The van der Waals surface area contributed by atoms with Gasteiger partial charge in [0.2, 0.25) is 0 Å². The Morgan fingerprint density at radius 3 is 2.95 bits per heavy atom. The molecule has 1 aromatic carbocycles. The SMILES string of the molecule is CC[C@@H]1CN[C@@H](C)CN1C(C)c1ccc2ncc(C)nc2c1. The average Bonchev–Trinajstić information content (AvgIpc) is 2.53. The monoisotopic (exact) mass is 298 g/mol. The quantitative estimate of drug-likeness (QED) is 0.945. The Labute approximate surface area is 133 Å². The maximum absolute atomic E-state index is 4.62. The van der Waals surface area contributed by atoms with E-state index in [0.717, 1.165) is 29.8 Å². The smallest absolute Gasteiger partial charge is 0.0893 e. The van der Waals surface area contributed by atoms with Crippen LogP contribution in [0.15, 0.2) is 24.4 Å². The second-order valence-electron chi connectivity index (χ2n) is 6.50. The molecule has 0 radical (unpaired) electrons. The number of hydrogen-bond acceptors (Lipinski definition) is 4. The highest BCUT2D eigenvalue weighted by atomic mass is 15.2. The molecule has 3 atom stereocenters. The molecule has 0 bridgehead atoms. The van der Waals surface area contributed by atoms with Gasteiger partial charge < -0.3 is 5.32 Å². The van der Waals surface area contributed by atoms with Gasteiger partial charge in [-0.1, -0.05) is 13.0 Å². The molecule has 4 nitrogen and oxygen atoms in total. The van der Waals surface area contributed by atoms with Gasteiger partial charge in [-0.3, -0.25) is 9.88 Å². The van der Waals surface area contributed by atoms with Gasteiger partial charge in [-0.15, -0.1) is 0 Å². The Morgan fingerprint density at radius 1 is 1.36 bits per heavy atom. The van der Waals surface area contributed by atoms with Crippen molar-refractivity contribution in [2.24, 2.45) is 0 Å². The molecule has 1 aromatic heterocycles. The van der Waals surface area contributed by atoms with Gasteiger partial charge in [0.1, 0.15) is 0 Å². The van der Waals surface area contributed by atoms with Gasteiger partial charge in [0.05, 0.1) is 16.7 Å². The molecule has 0 spiro atoms. The topological polar surface area (TPSA) is 41.0 Å². The van der Waals surface area contributed by atoms with Crippen LogP contribution in [-0.4, -0.2) is 40.0 Å². The van der Waals surface area contributed by atoms with Crippen LogP contribution in [0, 0.1) is 6.92 Å². The lowest BCUT2D eigenvalue weighted by Gasteiger charge is -2.42. The van der Waals surface area contributed by atoms with Crippen molar-refractivity contribution in [3.63, 3.8) is 0 Å². The van der Waals surface area contributed by atoms with Crippen molar-refractivity contribution in [2.45, 2.75) is 52.2 Å². The van der Waals surface area contributed by atoms with Crippen LogP contribution >= 0.6 is 0 Å². The molecule has 22 heavy (non-hydrogen) atoms. The number of benzene rings is 1. The number of nitrogens with zero attached hydrogens (tertiary/aromatic N) is 3. The standard InChI is InChI=1S/C18H26N4/c1-5-16-10-19-13(3)11-22(16)14(4)15-6-7-17-18(8-15)21-12(2)9-20-17/h6-9,13-14,16,19H,5,10-11H2,1-4H3/t13-,14?,16+/m0/s1. The van der Waals surface area contributed by atoms with E-state index < -0.39 is 0 Å². The first-order valence-corrected chi connectivity index (χ1v) is 8.31. The van der Waals surface area contributed by atoms with Gasteiger partial charge >= 0.3 is 0 Å².